The summed E-state index contributed by atoms with van der Waals surface area (Å²) in [7, 11) is 0. The van der Waals surface area contributed by atoms with Crippen LogP contribution in [0.25, 0.3) is 0 Å². The van der Waals surface area contributed by atoms with E-state index in [4.69, 9.17) is 9.73 Å². The Labute approximate surface area is 191 Å². The number of hydrogen-bond donors (Lipinski definition) is 2. The summed E-state index contributed by atoms with van der Waals surface area (Å²) in [6.45, 7) is 10.2. The molecule has 2 aromatic heterocycles. The SMILES string of the molecule is CCNC(=NCc1ccnc(N2CCOC(C)C2)c1)NC1CCN(c2ccccn2)CC1. The minimum Gasteiger partial charge on any atom is -0.375 e. The summed E-state index contributed by atoms with van der Waals surface area (Å²) in [5.41, 5.74) is 1.16. The van der Waals surface area contributed by atoms with Crippen molar-refractivity contribution in [2.45, 2.75) is 45.4 Å². The van der Waals surface area contributed by atoms with Gasteiger partial charge in [-0.25, -0.2) is 15.0 Å². The van der Waals surface area contributed by atoms with Gasteiger partial charge in [0.05, 0.1) is 19.3 Å². The minimum absolute atomic E-state index is 0.237. The molecular weight excluding hydrogens is 402 g/mol. The summed E-state index contributed by atoms with van der Waals surface area (Å²) in [5.74, 6) is 2.95. The van der Waals surface area contributed by atoms with Crippen LogP contribution in [-0.2, 0) is 11.3 Å². The quantitative estimate of drug-likeness (QED) is 0.531. The summed E-state index contributed by atoms with van der Waals surface area (Å²) in [6.07, 6.45) is 6.11. The van der Waals surface area contributed by atoms with Crippen molar-refractivity contribution in [1.82, 2.24) is 20.6 Å². The van der Waals surface area contributed by atoms with Crippen LogP contribution in [0.3, 0.4) is 0 Å². The smallest absolute Gasteiger partial charge is 0.191 e. The van der Waals surface area contributed by atoms with Crippen LogP contribution in [0, 0.1) is 0 Å². The lowest BCUT2D eigenvalue weighted by Gasteiger charge is -2.33. The molecule has 172 valence electrons. The van der Waals surface area contributed by atoms with Crippen molar-refractivity contribution in [1.29, 1.82) is 0 Å². The zero-order valence-electron chi connectivity index (χ0n) is 19.2. The van der Waals surface area contributed by atoms with E-state index >= 15 is 0 Å². The molecule has 0 aromatic carbocycles. The molecule has 8 nitrogen and oxygen atoms in total. The molecule has 1 atom stereocenters. The Hall–Kier alpha value is -2.87. The molecule has 4 heterocycles. The maximum absolute atomic E-state index is 5.66. The Morgan fingerprint density at radius 1 is 1.09 bits per heavy atom. The number of piperidine rings is 1. The topological polar surface area (TPSA) is 77.9 Å². The summed E-state index contributed by atoms with van der Waals surface area (Å²) >= 11 is 0. The Kier molecular flexibility index (Phi) is 7.77. The molecule has 2 N–H and O–H groups in total. The molecule has 0 radical (unpaired) electrons. The number of anilines is 2. The van der Waals surface area contributed by atoms with Crippen LogP contribution in [0.4, 0.5) is 11.6 Å². The van der Waals surface area contributed by atoms with Crippen molar-refractivity contribution in [3.8, 4) is 0 Å². The summed E-state index contributed by atoms with van der Waals surface area (Å²) in [4.78, 5) is 18.5. The third-order valence-corrected chi connectivity index (χ3v) is 5.95. The van der Waals surface area contributed by atoms with Gasteiger partial charge in [0.15, 0.2) is 5.96 Å². The molecule has 8 heteroatoms. The van der Waals surface area contributed by atoms with Crippen molar-refractivity contribution >= 4 is 17.6 Å². The van der Waals surface area contributed by atoms with E-state index in [0.29, 0.717) is 12.6 Å². The Bertz CT molecular complexity index is 868. The van der Waals surface area contributed by atoms with Crippen LogP contribution in [0.2, 0.25) is 0 Å². The van der Waals surface area contributed by atoms with Gasteiger partial charge in [0.25, 0.3) is 0 Å². The second-order valence-corrected chi connectivity index (χ2v) is 8.44. The van der Waals surface area contributed by atoms with E-state index in [2.05, 4.69) is 56.4 Å². The van der Waals surface area contributed by atoms with E-state index in [1.165, 1.54) is 0 Å². The number of aromatic nitrogens is 2. The van der Waals surface area contributed by atoms with Crippen molar-refractivity contribution in [3.05, 3.63) is 48.3 Å². The molecule has 2 saturated heterocycles. The normalized spacial score (nSPS) is 20.3. The van der Waals surface area contributed by atoms with E-state index in [-0.39, 0.29) is 6.10 Å². The monoisotopic (exact) mass is 437 g/mol. The van der Waals surface area contributed by atoms with E-state index < -0.39 is 0 Å². The van der Waals surface area contributed by atoms with Crippen LogP contribution in [0.5, 0.6) is 0 Å². The average molecular weight is 438 g/mol. The van der Waals surface area contributed by atoms with E-state index in [0.717, 1.165) is 75.3 Å². The Morgan fingerprint density at radius 2 is 1.94 bits per heavy atom. The van der Waals surface area contributed by atoms with Crippen molar-refractivity contribution < 1.29 is 4.74 Å². The van der Waals surface area contributed by atoms with Crippen LogP contribution < -0.4 is 20.4 Å². The fourth-order valence-corrected chi connectivity index (χ4v) is 4.24. The zero-order chi connectivity index (χ0) is 22.2. The summed E-state index contributed by atoms with van der Waals surface area (Å²) in [5, 5.41) is 7.03. The van der Waals surface area contributed by atoms with Crippen molar-refractivity contribution in [2.24, 2.45) is 4.99 Å². The first kappa shape index (κ1) is 22.3. The number of guanidine groups is 1. The molecule has 0 aliphatic carbocycles. The van der Waals surface area contributed by atoms with Crippen LogP contribution in [0.1, 0.15) is 32.3 Å². The van der Waals surface area contributed by atoms with Crippen LogP contribution in [0.15, 0.2) is 47.7 Å². The minimum atomic E-state index is 0.237. The highest BCUT2D eigenvalue weighted by Gasteiger charge is 2.21. The first-order chi connectivity index (χ1) is 15.7. The van der Waals surface area contributed by atoms with Gasteiger partial charge in [-0.05, 0) is 56.5 Å². The number of nitrogens with zero attached hydrogens (tertiary/aromatic N) is 5. The summed E-state index contributed by atoms with van der Waals surface area (Å²) in [6, 6.07) is 10.7. The standard InChI is InChI=1S/C24H35N7O/c1-3-25-24(29-21-8-12-30(13-9-21)22-6-4-5-10-26-22)28-17-20-7-11-27-23(16-20)31-14-15-32-19(2)18-31/h4-7,10-11,16,19,21H,3,8-9,12-15,17-18H2,1-2H3,(H2,25,28,29). The average Bonchev–Trinajstić information content (AvgIpc) is 2.84. The number of morpholine rings is 1. The molecule has 0 spiro atoms. The predicted octanol–water partition coefficient (Wildman–Crippen LogP) is 2.43. The second kappa shape index (κ2) is 11.1. The fraction of sp³-hybridized carbons (Fsp3) is 0.542. The molecule has 0 saturated carbocycles. The first-order valence-electron chi connectivity index (χ1n) is 11.7. The zero-order valence-corrected chi connectivity index (χ0v) is 19.2. The lowest BCUT2D eigenvalue weighted by Crippen LogP contribution is -2.48. The van der Waals surface area contributed by atoms with E-state index in [9.17, 15) is 0 Å². The molecular formula is C24H35N7O. The molecule has 2 fully saturated rings. The number of aliphatic imine (C=N–C) groups is 1. The second-order valence-electron chi connectivity index (χ2n) is 8.44. The molecule has 32 heavy (non-hydrogen) atoms. The highest BCUT2D eigenvalue weighted by atomic mass is 16.5. The number of rotatable bonds is 6. The van der Waals surface area contributed by atoms with Gasteiger partial charge in [-0.15, -0.1) is 0 Å². The number of hydrogen-bond acceptors (Lipinski definition) is 6. The third kappa shape index (κ3) is 6.09. The largest absolute Gasteiger partial charge is 0.375 e. The Balaban J connectivity index is 1.33. The lowest BCUT2D eigenvalue weighted by molar-refractivity contribution is 0.0529. The number of pyridine rings is 2. The van der Waals surface area contributed by atoms with Gasteiger partial charge in [-0.1, -0.05) is 6.07 Å². The van der Waals surface area contributed by atoms with Crippen molar-refractivity contribution in [2.75, 3.05) is 49.1 Å². The van der Waals surface area contributed by atoms with E-state index in [1.54, 1.807) is 0 Å². The van der Waals surface area contributed by atoms with Gasteiger partial charge in [-0.2, -0.15) is 0 Å². The molecule has 2 aliphatic heterocycles. The predicted molar refractivity (Wildman–Crippen MR) is 129 cm³/mol. The number of nitrogens with one attached hydrogen (secondary N) is 2. The molecule has 0 amide bonds. The molecule has 4 rings (SSSR count). The third-order valence-electron chi connectivity index (χ3n) is 5.95. The molecule has 1 unspecified atom stereocenters. The van der Waals surface area contributed by atoms with Gasteiger partial charge in [-0.3, -0.25) is 0 Å². The van der Waals surface area contributed by atoms with Gasteiger partial charge in [0.2, 0.25) is 0 Å². The first-order valence-corrected chi connectivity index (χ1v) is 11.7. The lowest BCUT2D eigenvalue weighted by atomic mass is 10.1. The fourth-order valence-electron chi connectivity index (χ4n) is 4.24. The van der Waals surface area contributed by atoms with Gasteiger partial charge >= 0.3 is 0 Å². The van der Waals surface area contributed by atoms with Crippen molar-refractivity contribution in [3.63, 3.8) is 0 Å². The van der Waals surface area contributed by atoms with E-state index in [1.807, 2.05) is 30.6 Å². The van der Waals surface area contributed by atoms with Gasteiger partial charge in [0, 0.05) is 51.2 Å². The highest BCUT2D eigenvalue weighted by molar-refractivity contribution is 5.80. The maximum Gasteiger partial charge on any atom is 0.191 e. The molecule has 0 bridgehead atoms. The number of ether oxygens (including phenoxy) is 1. The molecule has 2 aliphatic rings. The van der Waals surface area contributed by atoms with Crippen LogP contribution >= 0.6 is 0 Å². The van der Waals surface area contributed by atoms with Crippen LogP contribution in [-0.4, -0.2) is 67.4 Å². The molecule has 2 aromatic rings. The maximum atomic E-state index is 5.66. The highest BCUT2D eigenvalue weighted by Crippen LogP contribution is 2.18. The van der Waals surface area contributed by atoms with Gasteiger partial charge in [0.1, 0.15) is 11.6 Å². The Morgan fingerprint density at radius 3 is 2.69 bits per heavy atom. The summed E-state index contributed by atoms with van der Waals surface area (Å²) < 4.78 is 5.66. The van der Waals surface area contributed by atoms with Gasteiger partial charge < -0.3 is 25.2 Å².